The van der Waals surface area contributed by atoms with Crippen LogP contribution in [-0.4, -0.2) is 18.5 Å². The van der Waals surface area contributed by atoms with E-state index in [-0.39, 0.29) is 18.5 Å². The highest BCUT2D eigenvalue weighted by atomic mass is 16.5. The molecule has 0 aliphatic rings. The number of hydrogen-bond acceptors (Lipinski definition) is 4. The van der Waals surface area contributed by atoms with Gasteiger partial charge in [-0.2, -0.15) is 5.26 Å². The molecule has 0 aliphatic heterocycles. The van der Waals surface area contributed by atoms with E-state index in [2.05, 4.69) is 16.0 Å². The highest BCUT2D eigenvalue weighted by Crippen LogP contribution is 2.16. The molecule has 0 heterocycles. The number of ether oxygens (including phenoxy) is 1. The zero-order chi connectivity index (χ0) is 20.5. The monoisotopic (exact) mass is 386 g/mol. The fraction of sp³-hybridized carbons (Fsp3) is 0.0455. The van der Waals surface area contributed by atoms with Crippen LogP contribution in [0.1, 0.15) is 5.56 Å². The number of urea groups is 1. The van der Waals surface area contributed by atoms with Crippen molar-refractivity contribution in [2.24, 2.45) is 0 Å². The van der Waals surface area contributed by atoms with Crippen LogP contribution in [-0.2, 0) is 4.79 Å². The predicted octanol–water partition coefficient (Wildman–Crippen LogP) is 4.22. The van der Waals surface area contributed by atoms with Crippen molar-refractivity contribution in [1.29, 1.82) is 5.26 Å². The van der Waals surface area contributed by atoms with Gasteiger partial charge in [-0.05, 0) is 54.6 Å². The molecule has 0 fully saturated rings. The van der Waals surface area contributed by atoms with E-state index in [1.807, 2.05) is 24.3 Å². The van der Waals surface area contributed by atoms with Crippen molar-refractivity contribution in [3.05, 3.63) is 84.4 Å². The lowest BCUT2D eigenvalue weighted by atomic mass is 10.2. The summed E-state index contributed by atoms with van der Waals surface area (Å²) in [6, 6.07) is 24.0. The second-order valence-corrected chi connectivity index (χ2v) is 6.00. The number of hydrogen-bond donors (Lipinski definition) is 3. The summed E-state index contributed by atoms with van der Waals surface area (Å²) in [7, 11) is 0. The molecule has 3 amide bonds. The van der Waals surface area contributed by atoms with Crippen LogP contribution in [0, 0.1) is 11.3 Å². The van der Waals surface area contributed by atoms with E-state index in [9.17, 15) is 9.59 Å². The number of nitriles is 1. The van der Waals surface area contributed by atoms with Crippen molar-refractivity contribution >= 4 is 29.0 Å². The molecular formula is C22H18N4O3. The number of para-hydroxylation sites is 1. The summed E-state index contributed by atoms with van der Waals surface area (Å²) >= 11 is 0. The van der Waals surface area contributed by atoms with Crippen molar-refractivity contribution in [3.8, 4) is 11.8 Å². The number of amides is 3. The third-order valence-corrected chi connectivity index (χ3v) is 3.79. The summed E-state index contributed by atoms with van der Waals surface area (Å²) in [4.78, 5) is 24.2. The smallest absolute Gasteiger partial charge is 0.323 e. The number of nitrogens with one attached hydrogen (secondary N) is 3. The van der Waals surface area contributed by atoms with Gasteiger partial charge in [0.25, 0.3) is 5.91 Å². The van der Waals surface area contributed by atoms with Crippen molar-refractivity contribution < 1.29 is 14.3 Å². The fourth-order valence-corrected chi connectivity index (χ4v) is 2.46. The molecule has 144 valence electrons. The average molecular weight is 386 g/mol. The molecule has 7 nitrogen and oxygen atoms in total. The van der Waals surface area contributed by atoms with Crippen LogP contribution in [0.2, 0.25) is 0 Å². The zero-order valence-electron chi connectivity index (χ0n) is 15.4. The van der Waals surface area contributed by atoms with Crippen LogP contribution in [0.5, 0.6) is 5.75 Å². The van der Waals surface area contributed by atoms with E-state index in [0.29, 0.717) is 28.4 Å². The molecule has 3 aromatic rings. The molecule has 0 aromatic heterocycles. The molecule has 3 N–H and O–H groups in total. The number of nitrogens with zero attached hydrogens (tertiary/aromatic N) is 1. The van der Waals surface area contributed by atoms with Gasteiger partial charge in [0, 0.05) is 17.1 Å². The molecule has 0 spiro atoms. The van der Waals surface area contributed by atoms with Crippen LogP contribution in [0.3, 0.4) is 0 Å². The topological polar surface area (TPSA) is 103 Å². The Morgan fingerprint density at radius 3 is 2.10 bits per heavy atom. The Morgan fingerprint density at radius 1 is 0.793 bits per heavy atom. The normalized spacial score (nSPS) is 9.76. The lowest BCUT2D eigenvalue weighted by Crippen LogP contribution is -2.21. The van der Waals surface area contributed by atoms with E-state index in [1.54, 1.807) is 60.7 Å². The third-order valence-electron chi connectivity index (χ3n) is 3.79. The Balaban J connectivity index is 1.51. The summed E-state index contributed by atoms with van der Waals surface area (Å²) in [5.41, 5.74) is 2.25. The van der Waals surface area contributed by atoms with Crippen molar-refractivity contribution in [3.63, 3.8) is 0 Å². The van der Waals surface area contributed by atoms with Crippen LogP contribution in [0.25, 0.3) is 0 Å². The lowest BCUT2D eigenvalue weighted by Gasteiger charge is -2.10. The molecule has 3 aromatic carbocycles. The number of anilines is 3. The molecule has 0 bridgehead atoms. The quantitative estimate of drug-likeness (QED) is 0.590. The maximum absolute atomic E-state index is 12.1. The molecule has 0 radical (unpaired) electrons. The van der Waals surface area contributed by atoms with Gasteiger partial charge in [-0.25, -0.2) is 4.79 Å². The molecule has 7 heteroatoms. The van der Waals surface area contributed by atoms with E-state index < -0.39 is 0 Å². The highest BCUT2D eigenvalue weighted by Gasteiger charge is 2.07. The van der Waals surface area contributed by atoms with Crippen LogP contribution in [0.4, 0.5) is 21.9 Å². The van der Waals surface area contributed by atoms with Gasteiger partial charge in [-0.3, -0.25) is 4.79 Å². The Morgan fingerprint density at radius 2 is 1.41 bits per heavy atom. The van der Waals surface area contributed by atoms with Gasteiger partial charge < -0.3 is 20.7 Å². The van der Waals surface area contributed by atoms with Crippen molar-refractivity contribution in [2.75, 3.05) is 22.6 Å². The Bertz CT molecular complexity index is 1030. The van der Waals surface area contributed by atoms with Gasteiger partial charge in [-0.15, -0.1) is 0 Å². The molecule has 29 heavy (non-hydrogen) atoms. The van der Waals surface area contributed by atoms with Crippen molar-refractivity contribution in [2.45, 2.75) is 0 Å². The number of benzene rings is 3. The first kappa shape index (κ1) is 19.5. The Hall–Kier alpha value is -4.31. The standard InChI is InChI=1S/C22H18N4O3/c23-14-16-9-11-20(12-10-16)29-15-21(27)24-18-7-4-8-19(13-18)26-22(28)25-17-5-2-1-3-6-17/h1-13H,15H2,(H,24,27)(H2,25,26,28). The molecule has 0 aliphatic carbocycles. The molecule has 0 saturated heterocycles. The SMILES string of the molecule is N#Cc1ccc(OCC(=O)Nc2cccc(NC(=O)Nc3ccccc3)c2)cc1. The number of carbonyl (C=O) groups excluding carboxylic acids is 2. The first-order valence-electron chi connectivity index (χ1n) is 8.78. The van der Waals surface area contributed by atoms with Crippen LogP contribution >= 0.6 is 0 Å². The largest absolute Gasteiger partial charge is 0.484 e. The first-order chi connectivity index (χ1) is 14.1. The van der Waals surface area contributed by atoms with Gasteiger partial charge in [-0.1, -0.05) is 24.3 Å². The first-order valence-corrected chi connectivity index (χ1v) is 8.78. The average Bonchev–Trinajstić information content (AvgIpc) is 2.73. The molecular weight excluding hydrogens is 368 g/mol. The van der Waals surface area contributed by atoms with E-state index in [4.69, 9.17) is 10.00 Å². The minimum absolute atomic E-state index is 0.182. The summed E-state index contributed by atoms with van der Waals surface area (Å²) in [6.45, 7) is -0.182. The Labute approximate surface area is 167 Å². The maximum atomic E-state index is 12.1. The van der Waals surface area contributed by atoms with Gasteiger partial charge in [0.1, 0.15) is 5.75 Å². The number of carbonyl (C=O) groups is 2. The zero-order valence-corrected chi connectivity index (χ0v) is 15.4. The summed E-state index contributed by atoms with van der Waals surface area (Å²) in [6.07, 6.45) is 0. The van der Waals surface area contributed by atoms with E-state index in [0.717, 1.165) is 0 Å². The number of rotatable bonds is 6. The molecule has 0 unspecified atom stereocenters. The lowest BCUT2D eigenvalue weighted by molar-refractivity contribution is -0.118. The van der Waals surface area contributed by atoms with Gasteiger partial charge in [0.05, 0.1) is 11.6 Å². The second kappa shape index (κ2) is 9.58. The van der Waals surface area contributed by atoms with Crippen molar-refractivity contribution in [1.82, 2.24) is 0 Å². The van der Waals surface area contributed by atoms with Crippen LogP contribution < -0.4 is 20.7 Å². The molecule has 3 rings (SSSR count). The molecule has 0 atom stereocenters. The van der Waals surface area contributed by atoms with Gasteiger partial charge in [0.15, 0.2) is 6.61 Å². The van der Waals surface area contributed by atoms with Gasteiger partial charge in [0.2, 0.25) is 0 Å². The van der Waals surface area contributed by atoms with Gasteiger partial charge >= 0.3 is 6.03 Å². The summed E-state index contributed by atoms with van der Waals surface area (Å²) in [5.74, 6) is 0.146. The summed E-state index contributed by atoms with van der Waals surface area (Å²) < 4.78 is 5.40. The minimum Gasteiger partial charge on any atom is -0.484 e. The summed E-state index contributed by atoms with van der Waals surface area (Å²) in [5, 5.41) is 16.9. The second-order valence-electron chi connectivity index (χ2n) is 6.00. The van der Waals surface area contributed by atoms with E-state index >= 15 is 0 Å². The highest BCUT2D eigenvalue weighted by molar-refractivity contribution is 6.00. The maximum Gasteiger partial charge on any atom is 0.323 e. The molecule has 0 saturated carbocycles. The van der Waals surface area contributed by atoms with E-state index in [1.165, 1.54) is 0 Å². The Kier molecular flexibility index (Phi) is 6.42. The fourth-order valence-electron chi connectivity index (χ4n) is 2.46. The minimum atomic E-state index is -0.385. The third kappa shape index (κ3) is 6.12. The predicted molar refractivity (Wildman–Crippen MR) is 111 cm³/mol. The van der Waals surface area contributed by atoms with Crippen LogP contribution in [0.15, 0.2) is 78.9 Å².